The Morgan fingerprint density at radius 1 is 0.944 bits per heavy atom. The van der Waals surface area contributed by atoms with Crippen molar-refractivity contribution in [3.05, 3.63) is 75.6 Å². The summed E-state index contributed by atoms with van der Waals surface area (Å²) in [6.45, 7) is 0.488. The van der Waals surface area contributed by atoms with Crippen molar-refractivity contribution >= 4 is 57.6 Å². The molecule has 0 radical (unpaired) electrons. The molecule has 1 aromatic heterocycles. The molecule has 36 heavy (non-hydrogen) atoms. The minimum Gasteiger partial charge on any atom is -0.462 e. The van der Waals surface area contributed by atoms with E-state index >= 15 is 0 Å². The van der Waals surface area contributed by atoms with Crippen LogP contribution in [0.2, 0.25) is 5.02 Å². The van der Waals surface area contributed by atoms with Crippen molar-refractivity contribution in [2.45, 2.75) is 6.92 Å². The smallest absolute Gasteiger partial charge is 0.341 e. The summed E-state index contributed by atoms with van der Waals surface area (Å²) in [5.41, 5.74) is 1.82. The lowest BCUT2D eigenvalue weighted by Crippen LogP contribution is -2.36. The number of carbonyl (C=O) groups is 5. The molecule has 184 valence electrons. The highest BCUT2D eigenvalue weighted by Gasteiger charge is 2.36. The van der Waals surface area contributed by atoms with Gasteiger partial charge in [0.15, 0.2) is 6.61 Å². The predicted molar refractivity (Wildman–Crippen MR) is 132 cm³/mol. The quantitative estimate of drug-likeness (QED) is 0.348. The van der Waals surface area contributed by atoms with Gasteiger partial charge < -0.3 is 14.8 Å². The fourth-order valence-corrected chi connectivity index (χ4v) is 4.66. The van der Waals surface area contributed by atoms with Crippen molar-refractivity contribution in [2.24, 2.45) is 0 Å². The Hall–Kier alpha value is -4.02. The van der Waals surface area contributed by atoms with Gasteiger partial charge in [-0.15, -0.1) is 11.3 Å². The van der Waals surface area contributed by atoms with E-state index in [4.69, 9.17) is 21.1 Å². The number of amides is 3. The molecule has 11 heteroatoms. The summed E-state index contributed by atoms with van der Waals surface area (Å²) in [7, 11) is 0. The summed E-state index contributed by atoms with van der Waals surface area (Å²) >= 11 is 7.06. The highest BCUT2D eigenvalue weighted by Crippen LogP contribution is 2.36. The number of benzene rings is 2. The standard InChI is InChI=1S/C25H19ClN2O7S/c1-2-34-25(33)21-18(14-7-9-15(26)10-8-14)13-36-22(21)27-19(29)12-35-20(30)11-28-23(31)16-5-3-4-6-17(16)24(28)32/h3-10,13H,2,11-12H2,1H3,(H,27,29). The molecule has 3 amide bonds. The van der Waals surface area contributed by atoms with Crippen molar-refractivity contribution in [1.82, 2.24) is 4.90 Å². The number of anilines is 1. The number of carbonyl (C=O) groups excluding carboxylic acids is 5. The molecular formula is C25H19ClN2O7S. The fourth-order valence-electron chi connectivity index (χ4n) is 3.56. The van der Waals surface area contributed by atoms with E-state index in [1.165, 1.54) is 12.1 Å². The second kappa shape index (κ2) is 10.7. The maximum absolute atomic E-state index is 12.6. The Kier molecular flexibility index (Phi) is 7.47. The van der Waals surface area contributed by atoms with Crippen LogP contribution in [-0.2, 0) is 19.1 Å². The number of esters is 2. The maximum atomic E-state index is 12.6. The molecule has 0 saturated carbocycles. The molecule has 4 rings (SSSR count). The summed E-state index contributed by atoms with van der Waals surface area (Å²) < 4.78 is 10.1. The third-order valence-electron chi connectivity index (χ3n) is 5.21. The summed E-state index contributed by atoms with van der Waals surface area (Å²) in [6, 6.07) is 13.0. The zero-order valence-electron chi connectivity index (χ0n) is 18.9. The second-order valence-corrected chi connectivity index (χ2v) is 8.85. The number of thiophene rings is 1. The zero-order valence-corrected chi connectivity index (χ0v) is 20.5. The van der Waals surface area contributed by atoms with Crippen LogP contribution in [0.15, 0.2) is 53.9 Å². The number of ether oxygens (including phenoxy) is 2. The molecule has 0 unspecified atom stereocenters. The minimum absolute atomic E-state index is 0.136. The molecular weight excluding hydrogens is 508 g/mol. The molecule has 2 aromatic carbocycles. The van der Waals surface area contributed by atoms with Crippen LogP contribution in [0, 0.1) is 0 Å². The van der Waals surface area contributed by atoms with Gasteiger partial charge in [0.05, 0.1) is 17.7 Å². The van der Waals surface area contributed by atoms with E-state index in [-0.39, 0.29) is 28.3 Å². The molecule has 0 fully saturated rings. The lowest BCUT2D eigenvalue weighted by atomic mass is 10.0. The number of hydrogen-bond donors (Lipinski definition) is 1. The Morgan fingerprint density at radius 3 is 2.19 bits per heavy atom. The molecule has 1 aliphatic rings. The van der Waals surface area contributed by atoms with Crippen LogP contribution < -0.4 is 5.32 Å². The summed E-state index contributed by atoms with van der Waals surface area (Å²) in [5.74, 6) is -3.48. The van der Waals surface area contributed by atoms with E-state index in [0.29, 0.717) is 16.1 Å². The minimum atomic E-state index is -0.932. The van der Waals surface area contributed by atoms with Gasteiger partial charge in [-0.1, -0.05) is 35.9 Å². The van der Waals surface area contributed by atoms with Crippen molar-refractivity contribution in [3.8, 4) is 11.1 Å². The molecule has 0 aliphatic carbocycles. The Bertz CT molecular complexity index is 1330. The Morgan fingerprint density at radius 2 is 1.58 bits per heavy atom. The first-order valence-corrected chi connectivity index (χ1v) is 12.0. The molecule has 0 atom stereocenters. The van der Waals surface area contributed by atoms with Crippen molar-refractivity contribution in [2.75, 3.05) is 25.1 Å². The molecule has 1 aliphatic heterocycles. The first-order chi connectivity index (χ1) is 17.3. The van der Waals surface area contributed by atoms with Gasteiger partial charge in [-0.05, 0) is 36.8 Å². The van der Waals surface area contributed by atoms with E-state index in [2.05, 4.69) is 5.32 Å². The number of halogens is 1. The molecule has 9 nitrogen and oxygen atoms in total. The van der Waals surface area contributed by atoms with Gasteiger partial charge in [0, 0.05) is 16.0 Å². The monoisotopic (exact) mass is 526 g/mol. The highest BCUT2D eigenvalue weighted by molar-refractivity contribution is 7.15. The van der Waals surface area contributed by atoms with Crippen LogP contribution in [0.25, 0.3) is 11.1 Å². The number of rotatable bonds is 8. The van der Waals surface area contributed by atoms with Gasteiger partial charge >= 0.3 is 11.9 Å². The van der Waals surface area contributed by atoms with E-state index in [1.54, 1.807) is 48.7 Å². The lowest BCUT2D eigenvalue weighted by Gasteiger charge is -2.13. The van der Waals surface area contributed by atoms with Crippen LogP contribution in [0.5, 0.6) is 0 Å². The second-order valence-electron chi connectivity index (χ2n) is 7.53. The van der Waals surface area contributed by atoms with Gasteiger partial charge in [0.1, 0.15) is 17.1 Å². The lowest BCUT2D eigenvalue weighted by molar-refractivity contribution is -0.147. The van der Waals surface area contributed by atoms with E-state index in [9.17, 15) is 24.0 Å². The Balaban J connectivity index is 1.41. The van der Waals surface area contributed by atoms with Gasteiger partial charge in [-0.3, -0.25) is 24.1 Å². The normalized spacial score (nSPS) is 12.3. The number of hydrogen-bond acceptors (Lipinski definition) is 8. The number of nitrogens with one attached hydrogen (secondary N) is 1. The number of nitrogens with zero attached hydrogens (tertiary/aromatic N) is 1. The Labute approximate surface area is 214 Å². The topological polar surface area (TPSA) is 119 Å². The summed E-state index contributed by atoms with van der Waals surface area (Å²) in [6.07, 6.45) is 0. The van der Waals surface area contributed by atoms with E-state index in [1.807, 2.05) is 0 Å². The molecule has 3 aromatic rings. The van der Waals surface area contributed by atoms with Gasteiger partial charge in [-0.2, -0.15) is 0 Å². The average molecular weight is 527 g/mol. The van der Waals surface area contributed by atoms with Crippen LogP contribution in [0.3, 0.4) is 0 Å². The third kappa shape index (κ3) is 5.14. The average Bonchev–Trinajstić information content (AvgIpc) is 3.38. The van der Waals surface area contributed by atoms with Crippen LogP contribution >= 0.6 is 22.9 Å². The maximum Gasteiger partial charge on any atom is 0.341 e. The molecule has 1 N–H and O–H groups in total. The van der Waals surface area contributed by atoms with Crippen molar-refractivity contribution in [1.29, 1.82) is 0 Å². The van der Waals surface area contributed by atoms with Crippen LogP contribution in [-0.4, -0.2) is 54.3 Å². The number of imide groups is 1. The zero-order chi connectivity index (χ0) is 25.8. The van der Waals surface area contributed by atoms with Gasteiger partial charge in [0.25, 0.3) is 17.7 Å². The van der Waals surface area contributed by atoms with Crippen molar-refractivity contribution < 1.29 is 33.4 Å². The van der Waals surface area contributed by atoms with Crippen LogP contribution in [0.4, 0.5) is 5.00 Å². The molecule has 0 saturated heterocycles. The first kappa shape index (κ1) is 25.1. The SMILES string of the molecule is CCOC(=O)c1c(-c2ccc(Cl)cc2)csc1NC(=O)COC(=O)CN1C(=O)c2ccccc2C1=O. The number of fused-ring (bicyclic) bond motifs is 1. The summed E-state index contributed by atoms with van der Waals surface area (Å²) in [5, 5.41) is 5.01. The molecule has 2 heterocycles. The van der Waals surface area contributed by atoms with E-state index in [0.717, 1.165) is 16.2 Å². The highest BCUT2D eigenvalue weighted by atomic mass is 35.5. The molecule has 0 bridgehead atoms. The largest absolute Gasteiger partial charge is 0.462 e. The van der Waals surface area contributed by atoms with Crippen molar-refractivity contribution in [3.63, 3.8) is 0 Å². The predicted octanol–water partition coefficient (Wildman–Crippen LogP) is 4.02. The summed E-state index contributed by atoms with van der Waals surface area (Å²) in [4.78, 5) is 62.9. The third-order valence-corrected chi connectivity index (χ3v) is 6.36. The van der Waals surface area contributed by atoms with Crippen LogP contribution in [0.1, 0.15) is 38.0 Å². The fraction of sp³-hybridized carbons (Fsp3) is 0.160. The van der Waals surface area contributed by atoms with Gasteiger partial charge in [-0.25, -0.2) is 4.79 Å². The molecule has 0 spiro atoms. The van der Waals surface area contributed by atoms with Gasteiger partial charge in [0.2, 0.25) is 0 Å². The first-order valence-electron chi connectivity index (χ1n) is 10.8. The van der Waals surface area contributed by atoms with E-state index < -0.39 is 42.8 Å².